The highest BCUT2D eigenvalue weighted by molar-refractivity contribution is 5.10. The first-order valence-electron chi connectivity index (χ1n) is 6.83. The molecule has 0 fully saturated rings. The molecular formula is C13H22N6. The smallest absolute Gasteiger partial charge is 0.0994 e. The highest BCUT2D eigenvalue weighted by atomic mass is 15.4. The predicted octanol–water partition coefficient (Wildman–Crippen LogP) is 1.65. The van der Waals surface area contributed by atoms with Crippen LogP contribution in [-0.2, 0) is 13.1 Å². The Morgan fingerprint density at radius 2 is 2.16 bits per heavy atom. The van der Waals surface area contributed by atoms with Crippen LogP contribution in [0, 0.1) is 6.92 Å². The van der Waals surface area contributed by atoms with Crippen LogP contribution in [-0.4, -0.2) is 24.8 Å². The topological polar surface area (TPSA) is 74.6 Å². The fourth-order valence-electron chi connectivity index (χ4n) is 2.19. The van der Waals surface area contributed by atoms with E-state index in [4.69, 9.17) is 5.73 Å². The lowest BCUT2D eigenvalue weighted by Gasteiger charge is -2.05. The molecule has 0 radical (unpaired) electrons. The van der Waals surface area contributed by atoms with Crippen molar-refractivity contribution >= 4 is 0 Å². The van der Waals surface area contributed by atoms with Crippen LogP contribution in [0.2, 0.25) is 0 Å². The summed E-state index contributed by atoms with van der Waals surface area (Å²) in [5, 5.41) is 12.7. The molecule has 0 spiro atoms. The van der Waals surface area contributed by atoms with Crippen molar-refractivity contribution in [2.45, 2.75) is 52.7 Å². The largest absolute Gasteiger partial charge is 0.323 e. The first-order valence-corrected chi connectivity index (χ1v) is 6.83. The van der Waals surface area contributed by atoms with Gasteiger partial charge in [-0.2, -0.15) is 5.10 Å². The van der Waals surface area contributed by atoms with Gasteiger partial charge in [0.2, 0.25) is 0 Å². The summed E-state index contributed by atoms with van der Waals surface area (Å²) in [6.45, 7) is 7.74. The zero-order chi connectivity index (χ0) is 13.8. The van der Waals surface area contributed by atoms with Crippen LogP contribution in [0.1, 0.15) is 49.8 Å². The minimum atomic E-state index is -0.0171. The maximum absolute atomic E-state index is 6.04. The maximum Gasteiger partial charge on any atom is 0.0994 e. The SMILES string of the molecule is CCCC(N)c1cn(Cc2cc(C)nn2CC)nn1. The van der Waals surface area contributed by atoms with E-state index in [1.807, 2.05) is 22.5 Å². The molecule has 0 aromatic carbocycles. The summed E-state index contributed by atoms with van der Waals surface area (Å²) in [7, 11) is 0. The fourth-order valence-corrected chi connectivity index (χ4v) is 2.19. The average molecular weight is 262 g/mol. The molecule has 0 saturated carbocycles. The number of rotatable bonds is 6. The van der Waals surface area contributed by atoms with Crippen molar-refractivity contribution < 1.29 is 0 Å². The Morgan fingerprint density at radius 3 is 2.84 bits per heavy atom. The Kier molecular flexibility index (Phi) is 4.31. The molecule has 1 atom stereocenters. The summed E-state index contributed by atoms with van der Waals surface area (Å²) >= 11 is 0. The predicted molar refractivity (Wildman–Crippen MR) is 73.6 cm³/mol. The molecule has 0 amide bonds. The van der Waals surface area contributed by atoms with Gasteiger partial charge in [-0.05, 0) is 26.3 Å². The van der Waals surface area contributed by atoms with Gasteiger partial charge in [0.25, 0.3) is 0 Å². The second-order valence-electron chi connectivity index (χ2n) is 4.83. The van der Waals surface area contributed by atoms with Gasteiger partial charge in [-0.3, -0.25) is 4.68 Å². The molecule has 0 aliphatic heterocycles. The summed E-state index contributed by atoms with van der Waals surface area (Å²) in [5.74, 6) is 0. The molecule has 0 aliphatic rings. The quantitative estimate of drug-likeness (QED) is 0.859. The molecule has 2 N–H and O–H groups in total. The third-order valence-corrected chi connectivity index (χ3v) is 3.14. The van der Waals surface area contributed by atoms with Crippen LogP contribution in [0.3, 0.4) is 0 Å². The lowest BCUT2D eigenvalue weighted by molar-refractivity contribution is 0.564. The number of nitrogens with zero attached hydrogens (tertiary/aromatic N) is 5. The van der Waals surface area contributed by atoms with Crippen LogP contribution in [0.15, 0.2) is 12.3 Å². The van der Waals surface area contributed by atoms with Gasteiger partial charge < -0.3 is 5.73 Å². The molecule has 0 saturated heterocycles. The van der Waals surface area contributed by atoms with E-state index in [9.17, 15) is 0 Å². The highest BCUT2D eigenvalue weighted by Gasteiger charge is 2.11. The van der Waals surface area contributed by atoms with Gasteiger partial charge in [-0.15, -0.1) is 5.10 Å². The summed E-state index contributed by atoms with van der Waals surface area (Å²) in [6, 6.07) is 2.06. The van der Waals surface area contributed by atoms with E-state index < -0.39 is 0 Å². The minimum Gasteiger partial charge on any atom is -0.323 e. The molecule has 2 aromatic heterocycles. The molecule has 0 aliphatic carbocycles. The number of hydrogen-bond donors (Lipinski definition) is 1. The number of aromatic nitrogens is 5. The normalized spacial score (nSPS) is 12.8. The molecular weight excluding hydrogens is 240 g/mol. The van der Waals surface area contributed by atoms with E-state index in [1.165, 1.54) is 0 Å². The van der Waals surface area contributed by atoms with E-state index >= 15 is 0 Å². The molecule has 6 nitrogen and oxygen atoms in total. The first-order chi connectivity index (χ1) is 9.13. The van der Waals surface area contributed by atoms with Gasteiger partial charge in [-0.1, -0.05) is 18.6 Å². The zero-order valence-corrected chi connectivity index (χ0v) is 11.9. The van der Waals surface area contributed by atoms with E-state index in [-0.39, 0.29) is 6.04 Å². The molecule has 2 heterocycles. The Balaban J connectivity index is 2.11. The summed E-state index contributed by atoms with van der Waals surface area (Å²) in [5.41, 5.74) is 9.07. The van der Waals surface area contributed by atoms with Gasteiger partial charge in [0.05, 0.1) is 35.9 Å². The van der Waals surface area contributed by atoms with Crippen molar-refractivity contribution in [3.63, 3.8) is 0 Å². The monoisotopic (exact) mass is 262 g/mol. The van der Waals surface area contributed by atoms with Crippen molar-refractivity contribution in [1.29, 1.82) is 0 Å². The highest BCUT2D eigenvalue weighted by Crippen LogP contribution is 2.13. The van der Waals surface area contributed by atoms with Gasteiger partial charge in [-0.25, -0.2) is 4.68 Å². The number of hydrogen-bond acceptors (Lipinski definition) is 4. The van der Waals surface area contributed by atoms with Crippen LogP contribution >= 0.6 is 0 Å². The lowest BCUT2D eigenvalue weighted by atomic mass is 10.1. The molecule has 19 heavy (non-hydrogen) atoms. The van der Waals surface area contributed by atoms with E-state index in [1.54, 1.807) is 0 Å². The fraction of sp³-hybridized carbons (Fsp3) is 0.615. The van der Waals surface area contributed by atoms with Crippen molar-refractivity contribution in [1.82, 2.24) is 24.8 Å². The standard InChI is InChI=1S/C13H22N6/c1-4-6-12(14)13-9-18(17-15-13)8-11-7-10(3)16-19(11)5-2/h7,9,12H,4-6,8,14H2,1-3H3. The Labute approximate surface area is 113 Å². The number of nitrogens with two attached hydrogens (primary N) is 1. The lowest BCUT2D eigenvalue weighted by Crippen LogP contribution is -2.10. The second kappa shape index (κ2) is 5.97. The van der Waals surface area contributed by atoms with Crippen LogP contribution < -0.4 is 5.73 Å². The number of aryl methyl sites for hydroxylation is 2. The summed E-state index contributed by atoms with van der Waals surface area (Å²) in [4.78, 5) is 0. The first kappa shape index (κ1) is 13.7. The molecule has 6 heteroatoms. The molecule has 1 unspecified atom stereocenters. The Hall–Kier alpha value is -1.69. The third-order valence-electron chi connectivity index (χ3n) is 3.14. The summed E-state index contributed by atoms with van der Waals surface area (Å²) in [6.07, 6.45) is 3.92. The average Bonchev–Trinajstić information content (AvgIpc) is 2.97. The van der Waals surface area contributed by atoms with Gasteiger partial charge in [0.15, 0.2) is 0 Å². The Bertz CT molecular complexity index is 527. The Morgan fingerprint density at radius 1 is 1.37 bits per heavy atom. The van der Waals surface area contributed by atoms with E-state index in [0.29, 0.717) is 6.54 Å². The second-order valence-corrected chi connectivity index (χ2v) is 4.83. The van der Waals surface area contributed by atoms with Crippen LogP contribution in [0.5, 0.6) is 0 Å². The minimum absolute atomic E-state index is 0.0171. The molecule has 2 aromatic rings. The summed E-state index contributed by atoms with van der Waals surface area (Å²) < 4.78 is 3.82. The maximum atomic E-state index is 6.04. The third kappa shape index (κ3) is 3.20. The van der Waals surface area contributed by atoms with Crippen LogP contribution in [0.25, 0.3) is 0 Å². The van der Waals surface area contributed by atoms with Crippen molar-refractivity contribution in [3.8, 4) is 0 Å². The van der Waals surface area contributed by atoms with Crippen LogP contribution in [0.4, 0.5) is 0 Å². The van der Waals surface area contributed by atoms with Gasteiger partial charge in [0.1, 0.15) is 0 Å². The van der Waals surface area contributed by atoms with Crippen molar-refractivity contribution in [2.24, 2.45) is 5.73 Å². The molecule has 0 bridgehead atoms. The van der Waals surface area contributed by atoms with Crippen molar-refractivity contribution in [3.05, 3.63) is 29.3 Å². The molecule has 104 valence electrons. The molecule has 2 rings (SSSR count). The van der Waals surface area contributed by atoms with Gasteiger partial charge >= 0.3 is 0 Å². The van der Waals surface area contributed by atoms with Gasteiger partial charge in [0, 0.05) is 6.54 Å². The van der Waals surface area contributed by atoms with E-state index in [0.717, 1.165) is 36.5 Å². The zero-order valence-electron chi connectivity index (χ0n) is 11.9. The van der Waals surface area contributed by atoms with E-state index in [2.05, 4.69) is 35.3 Å². The van der Waals surface area contributed by atoms with Crippen molar-refractivity contribution in [2.75, 3.05) is 0 Å².